The Kier molecular flexibility index (Phi) is 5.92. The van der Waals surface area contributed by atoms with Crippen molar-refractivity contribution >= 4 is 22.4 Å². The lowest BCUT2D eigenvalue weighted by Gasteiger charge is -2.31. The van der Waals surface area contributed by atoms with Crippen LogP contribution in [0, 0.1) is 0 Å². The number of aromatic nitrogens is 4. The summed E-state index contributed by atoms with van der Waals surface area (Å²) in [5.74, 6) is 0.536. The largest absolute Gasteiger partial charge is 0.316 e. The normalized spacial score (nSPS) is 19.0. The molecule has 0 spiro atoms. The van der Waals surface area contributed by atoms with Crippen molar-refractivity contribution < 1.29 is 8.42 Å². The van der Waals surface area contributed by atoms with E-state index in [1.165, 1.54) is 4.68 Å². The third-order valence-electron chi connectivity index (χ3n) is 4.14. The van der Waals surface area contributed by atoms with Crippen LogP contribution in [-0.4, -0.2) is 59.1 Å². The fraction of sp³-hybridized carbons (Fsp3) is 0.500. The molecule has 2 heterocycles. The first-order valence-electron chi connectivity index (χ1n) is 7.52. The minimum absolute atomic E-state index is 0. The molecule has 0 bridgehead atoms. The van der Waals surface area contributed by atoms with Crippen molar-refractivity contribution in [2.75, 3.05) is 20.1 Å². The quantitative estimate of drug-likeness (QED) is 0.848. The molecule has 3 rings (SSSR count). The second kappa shape index (κ2) is 7.56. The topological polar surface area (TPSA) is 93.0 Å². The lowest BCUT2D eigenvalue weighted by molar-refractivity contribution is 0.293. The molecule has 1 fully saturated rings. The number of nitrogens with zero attached hydrogens (tertiary/aromatic N) is 5. The Morgan fingerprint density at radius 1 is 1.33 bits per heavy atom. The molecule has 0 radical (unpaired) electrons. The standard InChI is InChI=1S/C14H20N6O2S.ClH/c1-15-12-6-4-8-20(10-12)23(21,22)13-7-3-5-11(9-13)14-16-17-18-19(14)2;/h3,5,7,9,12,15H,4,6,8,10H2,1-2H3;1H. The van der Waals surface area contributed by atoms with Gasteiger partial charge in [-0.1, -0.05) is 12.1 Å². The zero-order chi connectivity index (χ0) is 16.4. The van der Waals surface area contributed by atoms with Gasteiger partial charge in [0, 0.05) is 31.7 Å². The Balaban J connectivity index is 0.00000208. The van der Waals surface area contributed by atoms with Crippen LogP contribution in [0.3, 0.4) is 0 Å². The molecule has 2 aromatic rings. The van der Waals surface area contributed by atoms with Crippen LogP contribution in [-0.2, 0) is 17.1 Å². The van der Waals surface area contributed by atoms with Crippen molar-refractivity contribution in [1.82, 2.24) is 29.8 Å². The van der Waals surface area contributed by atoms with Crippen molar-refractivity contribution in [3.05, 3.63) is 24.3 Å². The maximum Gasteiger partial charge on any atom is 0.243 e. The summed E-state index contributed by atoms with van der Waals surface area (Å²) in [5.41, 5.74) is 0.681. The van der Waals surface area contributed by atoms with Gasteiger partial charge in [0.2, 0.25) is 10.0 Å². The van der Waals surface area contributed by atoms with Crippen molar-refractivity contribution in [1.29, 1.82) is 0 Å². The van der Waals surface area contributed by atoms with Gasteiger partial charge in [0.05, 0.1) is 4.90 Å². The number of hydrogen-bond donors (Lipinski definition) is 1. The van der Waals surface area contributed by atoms with Gasteiger partial charge < -0.3 is 5.32 Å². The number of benzene rings is 1. The van der Waals surface area contributed by atoms with Crippen LogP contribution in [0.2, 0.25) is 0 Å². The highest BCUT2D eigenvalue weighted by atomic mass is 35.5. The number of sulfonamides is 1. The number of hydrogen-bond acceptors (Lipinski definition) is 6. The second-order valence-corrected chi connectivity index (χ2v) is 7.58. The molecule has 1 aliphatic heterocycles. The molecule has 0 amide bonds. The average molecular weight is 373 g/mol. The number of halogens is 1. The minimum atomic E-state index is -3.52. The van der Waals surface area contributed by atoms with E-state index in [2.05, 4.69) is 20.8 Å². The lowest BCUT2D eigenvalue weighted by atomic mass is 10.1. The highest BCUT2D eigenvalue weighted by Gasteiger charge is 2.30. The number of tetrazole rings is 1. The van der Waals surface area contributed by atoms with E-state index < -0.39 is 10.0 Å². The second-order valence-electron chi connectivity index (χ2n) is 5.64. The first kappa shape index (κ1) is 18.8. The van der Waals surface area contributed by atoms with Crippen LogP contribution < -0.4 is 5.32 Å². The summed E-state index contributed by atoms with van der Waals surface area (Å²) in [6.45, 7) is 1.05. The average Bonchev–Trinajstić information content (AvgIpc) is 3.01. The van der Waals surface area contributed by atoms with Gasteiger partial charge >= 0.3 is 0 Å². The van der Waals surface area contributed by atoms with Crippen LogP contribution in [0.1, 0.15) is 12.8 Å². The molecule has 1 N–H and O–H groups in total. The number of piperidine rings is 1. The molecular formula is C14H21ClN6O2S. The van der Waals surface area contributed by atoms with Gasteiger partial charge in [-0.05, 0) is 42.4 Å². The number of aryl methyl sites for hydroxylation is 1. The van der Waals surface area contributed by atoms with Gasteiger partial charge in [-0.3, -0.25) is 0 Å². The van der Waals surface area contributed by atoms with E-state index >= 15 is 0 Å². The maximum absolute atomic E-state index is 12.9. The Morgan fingerprint density at radius 2 is 2.12 bits per heavy atom. The first-order chi connectivity index (χ1) is 11.0. The van der Waals surface area contributed by atoms with Gasteiger partial charge in [0.15, 0.2) is 5.82 Å². The van der Waals surface area contributed by atoms with Gasteiger partial charge in [-0.2, -0.15) is 4.31 Å². The Hall–Kier alpha value is -1.55. The third kappa shape index (κ3) is 3.59. The highest BCUT2D eigenvalue weighted by molar-refractivity contribution is 7.89. The molecule has 1 unspecified atom stereocenters. The van der Waals surface area contributed by atoms with Gasteiger partial charge in [0.1, 0.15) is 0 Å². The van der Waals surface area contributed by atoms with E-state index in [9.17, 15) is 8.42 Å². The van der Waals surface area contributed by atoms with E-state index in [0.717, 1.165) is 12.8 Å². The zero-order valence-electron chi connectivity index (χ0n) is 13.6. The van der Waals surface area contributed by atoms with Gasteiger partial charge in [0.25, 0.3) is 0 Å². The van der Waals surface area contributed by atoms with Gasteiger partial charge in [-0.15, -0.1) is 17.5 Å². The molecule has 10 heteroatoms. The molecule has 24 heavy (non-hydrogen) atoms. The summed E-state index contributed by atoms with van der Waals surface area (Å²) < 4.78 is 28.9. The predicted molar refractivity (Wildman–Crippen MR) is 92.3 cm³/mol. The molecule has 1 aliphatic rings. The summed E-state index contributed by atoms with van der Waals surface area (Å²) in [4.78, 5) is 0.273. The van der Waals surface area contributed by atoms with Gasteiger partial charge in [-0.25, -0.2) is 13.1 Å². The van der Waals surface area contributed by atoms with Crippen LogP contribution in [0.5, 0.6) is 0 Å². The van der Waals surface area contributed by atoms with Crippen molar-refractivity contribution in [2.24, 2.45) is 7.05 Å². The Labute approximate surface area is 147 Å². The molecule has 8 nitrogen and oxygen atoms in total. The van der Waals surface area contributed by atoms with E-state index in [0.29, 0.717) is 24.5 Å². The monoisotopic (exact) mass is 372 g/mol. The third-order valence-corrected chi connectivity index (χ3v) is 6.00. The van der Waals surface area contributed by atoms with E-state index in [1.54, 1.807) is 35.6 Å². The van der Waals surface area contributed by atoms with Crippen molar-refractivity contribution in [3.63, 3.8) is 0 Å². The van der Waals surface area contributed by atoms with E-state index in [1.807, 2.05) is 7.05 Å². The molecule has 1 atom stereocenters. The lowest BCUT2D eigenvalue weighted by Crippen LogP contribution is -2.46. The number of likely N-dealkylation sites (N-methyl/N-ethyl adjacent to an activating group) is 1. The smallest absolute Gasteiger partial charge is 0.243 e. The first-order valence-corrected chi connectivity index (χ1v) is 8.96. The van der Waals surface area contributed by atoms with Crippen LogP contribution in [0.15, 0.2) is 29.2 Å². The number of nitrogens with one attached hydrogen (secondary N) is 1. The molecular weight excluding hydrogens is 352 g/mol. The summed E-state index contributed by atoms with van der Waals surface area (Å²) in [7, 11) is 0.0685. The fourth-order valence-corrected chi connectivity index (χ4v) is 4.39. The minimum Gasteiger partial charge on any atom is -0.316 e. The fourth-order valence-electron chi connectivity index (χ4n) is 2.82. The van der Waals surface area contributed by atoms with E-state index in [4.69, 9.17) is 0 Å². The SMILES string of the molecule is CNC1CCCN(S(=O)(=O)c2cccc(-c3nnnn3C)c2)C1.Cl. The molecule has 1 saturated heterocycles. The zero-order valence-corrected chi connectivity index (χ0v) is 15.2. The summed E-state index contributed by atoms with van der Waals surface area (Å²) in [5, 5.41) is 14.5. The summed E-state index contributed by atoms with van der Waals surface area (Å²) in [6, 6.07) is 6.97. The number of rotatable bonds is 4. The summed E-state index contributed by atoms with van der Waals surface area (Å²) >= 11 is 0. The summed E-state index contributed by atoms with van der Waals surface area (Å²) in [6.07, 6.45) is 1.85. The van der Waals surface area contributed by atoms with Crippen LogP contribution in [0.4, 0.5) is 0 Å². The molecule has 1 aromatic heterocycles. The Morgan fingerprint density at radius 3 is 2.79 bits per heavy atom. The Bertz CT molecular complexity index is 794. The van der Waals surface area contributed by atoms with E-state index in [-0.39, 0.29) is 23.3 Å². The highest BCUT2D eigenvalue weighted by Crippen LogP contribution is 2.24. The molecule has 0 saturated carbocycles. The van der Waals surface area contributed by atoms with Crippen LogP contribution >= 0.6 is 12.4 Å². The molecule has 1 aromatic carbocycles. The van der Waals surface area contributed by atoms with Crippen LogP contribution in [0.25, 0.3) is 11.4 Å². The predicted octanol–water partition coefficient (Wildman–Crippen LogP) is 0.671. The molecule has 0 aliphatic carbocycles. The maximum atomic E-state index is 12.9. The molecule has 132 valence electrons. The van der Waals surface area contributed by atoms with Crippen molar-refractivity contribution in [2.45, 2.75) is 23.8 Å². The van der Waals surface area contributed by atoms with Crippen molar-refractivity contribution in [3.8, 4) is 11.4 Å².